The first kappa shape index (κ1) is 21.6. The second-order valence-corrected chi connectivity index (χ2v) is 7.17. The number of anilines is 2. The SMILES string of the molecule is CN(C)CCCNC(=O)c1ccccc1Nc1ccnc2cc(C(F)(F)F)ccc12. The Labute approximate surface area is 172 Å². The lowest BCUT2D eigenvalue weighted by Crippen LogP contribution is -2.27. The van der Waals surface area contributed by atoms with Crippen LogP contribution >= 0.6 is 0 Å². The molecule has 3 aromatic rings. The lowest BCUT2D eigenvalue weighted by molar-refractivity contribution is -0.137. The normalized spacial score (nSPS) is 11.7. The maximum absolute atomic E-state index is 13.0. The summed E-state index contributed by atoms with van der Waals surface area (Å²) in [7, 11) is 3.94. The maximum Gasteiger partial charge on any atom is 0.416 e. The third kappa shape index (κ3) is 5.27. The summed E-state index contributed by atoms with van der Waals surface area (Å²) in [6.07, 6.45) is -2.17. The van der Waals surface area contributed by atoms with Crippen molar-refractivity contribution < 1.29 is 18.0 Å². The van der Waals surface area contributed by atoms with Crippen molar-refractivity contribution in [3.63, 3.8) is 0 Å². The fraction of sp³-hybridized carbons (Fsp3) is 0.273. The summed E-state index contributed by atoms with van der Waals surface area (Å²) in [5, 5.41) is 6.61. The summed E-state index contributed by atoms with van der Waals surface area (Å²) in [6, 6.07) is 12.1. The number of rotatable bonds is 7. The zero-order valence-corrected chi connectivity index (χ0v) is 16.8. The predicted octanol–water partition coefficient (Wildman–Crippen LogP) is 4.68. The van der Waals surface area contributed by atoms with E-state index >= 15 is 0 Å². The number of carbonyl (C=O) groups is 1. The number of alkyl halides is 3. The molecule has 0 atom stereocenters. The van der Waals surface area contributed by atoms with Crippen molar-refractivity contribution in [3.8, 4) is 0 Å². The van der Waals surface area contributed by atoms with Crippen LogP contribution in [0.1, 0.15) is 22.3 Å². The lowest BCUT2D eigenvalue weighted by atomic mass is 10.1. The third-order valence-electron chi connectivity index (χ3n) is 4.58. The van der Waals surface area contributed by atoms with Gasteiger partial charge in [-0.25, -0.2) is 0 Å². The van der Waals surface area contributed by atoms with Gasteiger partial charge >= 0.3 is 6.18 Å². The number of carbonyl (C=O) groups excluding carboxylic acids is 1. The van der Waals surface area contributed by atoms with Gasteiger partial charge in [-0.15, -0.1) is 0 Å². The van der Waals surface area contributed by atoms with E-state index in [9.17, 15) is 18.0 Å². The number of nitrogens with zero attached hydrogens (tertiary/aromatic N) is 2. The molecular weight excluding hydrogens is 393 g/mol. The van der Waals surface area contributed by atoms with E-state index in [4.69, 9.17) is 0 Å². The van der Waals surface area contributed by atoms with Crippen LogP contribution < -0.4 is 10.6 Å². The predicted molar refractivity (Wildman–Crippen MR) is 112 cm³/mol. The molecule has 0 fully saturated rings. The Morgan fingerprint density at radius 3 is 2.57 bits per heavy atom. The number of pyridine rings is 1. The van der Waals surface area contributed by atoms with Gasteiger partial charge in [-0.2, -0.15) is 13.2 Å². The van der Waals surface area contributed by atoms with Gasteiger partial charge in [0.1, 0.15) is 0 Å². The number of halogens is 3. The quantitative estimate of drug-likeness (QED) is 0.549. The molecule has 2 N–H and O–H groups in total. The molecule has 1 heterocycles. The highest BCUT2D eigenvalue weighted by atomic mass is 19.4. The summed E-state index contributed by atoms with van der Waals surface area (Å²) in [5.74, 6) is -0.213. The maximum atomic E-state index is 13.0. The fourth-order valence-corrected chi connectivity index (χ4v) is 3.06. The molecule has 0 spiro atoms. The number of amides is 1. The van der Waals surface area contributed by atoms with Gasteiger partial charge < -0.3 is 15.5 Å². The number of benzene rings is 2. The van der Waals surface area contributed by atoms with Crippen LogP contribution in [0.5, 0.6) is 0 Å². The van der Waals surface area contributed by atoms with Gasteiger partial charge in [-0.1, -0.05) is 18.2 Å². The van der Waals surface area contributed by atoms with Crippen molar-refractivity contribution in [2.75, 3.05) is 32.5 Å². The summed E-state index contributed by atoms with van der Waals surface area (Å²) >= 11 is 0. The van der Waals surface area contributed by atoms with E-state index in [-0.39, 0.29) is 11.4 Å². The zero-order valence-electron chi connectivity index (χ0n) is 16.8. The summed E-state index contributed by atoms with van der Waals surface area (Å²) in [6.45, 7) is 1.41. The Kier molecular flexibility index (Phi) is 6.56. The molecule has 0 bridgehead atoms. The number of fused-ring (bicyclic) bond motifs is 1. The molecule has 0 aliphatic heterocycles. The zero-order chi connectivity index (χ0) is 21.7. The van der Waals surface area contributed by atoms with Gasteiger partial charge in [-0.05, 0) is 57.4 Å². The standard InChI is InChI=1S/C22H23F3N4O/c1-29(2)13-5-11-27-21(30)17-6-3-4-7-18(17)28-19-10-12-26-20-14-15(22(23,24)25)8-9-16(19)20/h3-4,6-10,12,14H,5,11,13H2,1-2H3,(H,26,28)(H,27,30). The van der Waals surface area contributed by atoms with Crippen LogP contribution in [0.25, 0.3) is 10.9 Å². The minimum atomic E-state index is -4.43. The first-order valence-electron chi connectivity index (χ1n) is 9.50. The molecule has 0 aliphatic carbocycles. The van der Waals surface area contributed by atoms with Crippen molar-refractivity contribution in [1.29, 1.82) is 0 Å². The van der Waals surface area contributed by atoms with Crippen molar-refractivity contribution in [2.45, 2.75) is 12.6 Å². The number of nitrogens with one attached hydrogen (secondary N) is 2. The molecule has 0 radical (unpaired) electrons. The number of hydrogen-bond donors (Lipinski definition) is 2. The van der Waals surface area contributed by atoms with Crippen LogP contribution in [0.4, 0.5) is 24.5 Å². The summed E-state index contributed by atoms with van der Waals surface area (Å²) in [4.78, 5) is 18.7. The number of aromatic nitrogens is 1. The second-order valence-electron chi connectivity index (χ2n) is 7.17. The highest BCUT2D eigenvalue weighted by Crippen LogP contribution is 2.33. The monoisotopic (exact) mass is 416 g/mol. The molecule has 3 rings (SSSR count). The molecule has 30 heavy (non-hydrogen) atoms. The second kappa shape index (κ2) is 9.13. The van der Waals surface area contributed by atoms with E-state index in [1.807, 2.05) is 19.0 Å². The minimum Gasteiger partial charge on any atom is -0.354 e. The van der Waals surface area contributed by atoms with E-state index < -0.39 is 11.7 Å². The van der Waals surface area contributed by atoms with Crippen LogP contribution in [0.15, 0.2) is 54.7 Å². The van der Waals surface area contributed by atoms with Crippen LogP contribution in [0.3, 0.4) is 0 Å². The lowest BCUT2D eigenvalue weighted by Gasteiger charge is -2.15. The molecule has 0 saturated heterocycles. The largest absolute Gasteiger partial charge is 0.416 e. The van der Waals surface area contributed by atoms with Crippen LogP contribution in [0.2, 0.25) is 0 Å². The minimum absolute atomic E-state index is 0.213. The highest BCUT2D eigenvalue weighted by Gasteiger charge is 2.30. The Morgan fingerprint density at radius 2 is 1.83 bits per heavy atom. The number of para-hydroxylation sites is 1. The third-order valence-corrected chi connectivity index (χ3v) is 4.58. The molecular formula is C22H23F3N4O. The van der Waals surface area contributed by atoms with Crippen molar-refractivity contribution in [3.05, 3.63) is 65.9 Å². The fourth-order valence-electron chi connectivity index (χ4n) is 3.06. The molecule has 2 aromatic carbocycles. The molecule has 158 valence electrons. The molecule has 0 aliphatic rings. The van der Waals surface area contributed by atoms with Crippen LogP contribution in [0, 0.1) is 0 Å². The van der Waals surface area contributed by atoms with Crippen molar-refractivity contribution in [2.24, 2.45) is 0 Å². The van der Waals surface area contributed by atoms with Crippen molar-refractivity contribution >= 4 is 28.2 Å². The smallest absolute Gasteiger partial charge is 0.354 e. The Balaban J connectivity index is 1.83. The van der Waals surface area contributed by atoms with E-state index in [1.54, 1.807) is 30.3 Å². The van der Waals surface area contributed by atoms with Gasteiger partial charge in [0.15, 0.2) is 0 Å². The highest BCUT2D eigenvalue weighted by molar-refractivity contribution is 6.02. The van der Waals surface area contributed by atoms with Gasteiger partial charge in [0.25, 0.3) is 5.91 Å². The van der Waals surface area contributed by atoms with E-state index in [2.05, 4.69) is 15.6 Å². The average Bonchev–Trinajstić information content (AvgIpc) is 2.70. The Morgan fingerprint density at radius 1 is 1.07 bits per heavy atom. The molecule has 1 amide bonds. The van der Waals surface area contributed by atoms with Gasteiger partial charge in [0, 0.05) is 23.8 Å². The van der Waals surface area contributed by atoms with E-state index in [0.29, 0.717) is 28.9 Å². The van der Waals surface area contributed by atoms with E-state index in [0.717, 1.165) is 25.1 Å². The molecule has 1 aromatic heterocycles. The average molecular weight is 416 g/mol. The molecule has 5 nitrogen and oxygen atoms in total. The first-order valence-corrected chi connectivity index (χ1v) is 9.50. The van der Waals surface area contributed by atoms with Crippen LogP contribution in [-0.2, 0) is 6.18 Å². The number of hydrogen-bond acceptors (Lipinski definition) is 4. The van der Waals surface area contributed by atoms with E-state index in [1.165, 1.54) is 12.3 Å². The van der Waals surface area contributed by atoms with Gasteiger partial charge in [-0.3, -0.25) is 9.78 Å². The Hall–Kier alpha value is -3.13. The molecule has 8 heteroatoms. The first-order chi connectivity index (χ1) is 14.3. The Bertz CT molecular complexity index is 1030. The topological polar surface area (TPSA) is 57.3 Å². The summed E-state index contributed by atoms with van der Waals surface area (Å²) < 4.78 is 39.0. The molecule has 0 unspecified atom stereocenters. The van der Waals surface area contributed by atoms with Crippen LogP contribution in [-0.4, -0.2) is 43.0 Å². The van der Waals surface area contributed by atoms with Crippen molar-refractivity contribution in [1.82, 2.24) is 15.2 Å². The van der Waals surface area contributed by atoms with Gasteiger partial charge in [0.05, 0.1) is 22.3 Å². The van der Waals surface area contributed by atoms with Gasteiger partial charge in [0.2, 0.25) is 0 Å². The summed E-state index contributed by atoms with van der Waals surface area (Å²) in [5.41, 5.74) is 1.06. The molecule has 0 saturated carbocycles.